The monoisotopic (exact) mass is 428 g/mol. The van der Waals surface area contributed by atoms with Crippen LogP contribution in [0, 0.1) is 23.1 Å². The largest absolute Gasteiger partial charge is 0.447 e. The molecule has 0 radical (unpaired) electrons. The van der Waals surface area contributed by atoms with E-state index in [1.807, 2.05) is 0 Å². The van der Waals surface area contributed by atoms with Gasteiger partial charge in [0.25, 0.3) is 5.91 Å². The Bertz CT molecular complexity index is 897. The topological polar surface area (TPSA) is 84.5 Å². The Morgan fingerprint density at radius 1 is 1.06 bits per heavy atom. The van der Waals surface area contributed by atoms with Crippen molar-refractivity contribution in [2.24, 2.45) is 17.3 Å². The zero-order valence-electron chi connectivity index (χ0n) is 17.8. The SMILES string of the molecule is CC(=O)NC12CC3CC(C1)CC(C(=O)OC(C(=O)NC1CC1)c1ccc(F)cc1)(C3)C2. The molecular formula is C24H29FN2O4. The highest BCUT2D eigenvalue weighted by atomic mass is 19.1. The molecule has 0 heterocycles. The number of amides is 2. The van der Waals surface area contributed by atoms with Gasteiger partial charge in [0.1, 0.15) is 5.82 Å². The van der Waals surface area contributed by atoms with E-state index >= 15 is 0 Å². The van der Waals surface area contributed by atoms with Gasteiger partial charge in [0, 0.05) is 24.1 Å². The van der Waals surface area contributed by atoms with Crippen LogP contribution in [0.1, 0.15) is 70.0 Å². The molecule has 0 saturated heterocycles. The molecule has 7 heteroatoms. The third-order valence-corrected chi connectivity index (χ3v) is 7.49. The predicted octanol–water partition coefficient (Wildman–Crippen LogP) is 3.16. The molecule has 5 saturated carbocycles. The van der Waals surface area contributed by atoms with Crippen LogP contribution in [0.25, 0.3) is 0 Å². The van der Waals surface area contributed by atoms with E-state index in [0.717, 1.165) is 44.9 Å². The maximum atomic E-state index is 13.6. The lowest BCUT2D eigenvalue weighted by Gasteiger charge is -2.60. The number of esters is 1. The number of ether oxygens (including phenoxy) is 1. The van der Waals surface area contributed by atoms with Crippen molar-refractivity contribution >= 4 is 17.8 Å². The molecule has 5 fully saturated rings. The smallest absolute Gasteiger partial charge is 0.313 e. The molecule has 3 atom stereocenters. The van der Waals surface area contributed by atoms with E-state index in [1.54, 1.807) is 0 Å². The normalized spacial score (nSPS) is 34.1. The van der Waals surface area contributed by atoms with Gasteiger partial charge < -0.3 is 15.4 Å². The molecule has 31 heavy (non-hydrogen) atoms. The molecule has 0 aromatic heterocycles. The molecule has 6 rings (SSSR count). The summed E-state index contributed by atoms with van der Waals surface area (Å²) in [5.41, 5.74) is -0.560. The summed E-state index contributed by atoms with van der Waals surface area (Å²) in [5.74, 6) is -0.441. The van der Waals surface area contributed by atoms with Crippen LogP contribution in [0.4, 0.5) is 4.39 Å². The zero-order chi connectivity index (χ0) is 21.8. The number of carbonyl (C=O) groups excluding carboxylic acids is 3. The molecule has 5 aliphatic carbocycles. The molecule has 4 bridgehead atoms. The summed E-state index contributed by atoms with van der Waals surface area (Å²) in [6, 6.07) is 5.67. The van der Waals surface area contributed by atoms with E-state index in [-0.39, 0.29) is 29.4 Å². The molecular weight excluding hydrogens is 399 g/mol. The van der Waals surface area contributed by atoms with Crippen molar-refractivity contribution in [2.75, 3.05) is 0 Å². The van der Waals surface area contributed by atoms with E-state index in [0.29, 0.717) is 23.8 Å². The molecule has 0 spiro atoms. The first-order chi connectivity index (χ1) is 14.8. The van der Waals surface area contributed by atoms with Crippen molar-refractivity contribution in [1.29, 1.82) is 0 Å². The first kappa shape index (κ1) is 20.5. The Balaban J connectivity index is 1.40. The second-order valence-electron chi connectivity index (χ2n) is 10.3. The maximum absolute atomic E-state index is 13.6. The van der Waals surface area contributed by atoms with E-state index in [1.165, 1.54) is 31.2 Å². The van der Waals surface area contributed by atoms with E-state index in [4.69, 9.17) is 4.74 Å². The lowest BCUT2D eigenvalue weighted by atomic mass is 9.47. The van der Waals surface area contributed by atoms with Crippen LogP contribution in [0.15, 0.2) is 24.3 Å². The number of halogens is 1. The third kappa shape index (κ3) is 3.94. The van der Waals surface area contributed by atoms with Gasteiger partial charge in [0.05, 0.1) is 5.41 Å². The van der Waals surface area contributed by atoms with Crippen molar-refractivity contribution in [3.8, 4) is 0 Å². The highest BCUT2D eigenvalue weighted by molar-refractivity contribution is 5.87. The number of hydrogen-bond acceptors (Lipinski definition) is 4. The van der Waals surface area contributed by atoms with Gasteiger partial charge in [-0.25, -0.2) is 4.39 Å². The zero-order valence-corrected chi connectivity index (χ0v) is 17.8. The highest BCUT2D eigenvalue weighted by Crippen LogP contribution is 2.62. The molecule has 2 amide bonds. The van der Waals surface area contributed by atoms with Crippen LogP contribution in [0.5, 0.6) is 0 Å². The van der Waals surface area contributed by atoms with Crippen molar-refractivity contribution in [1.82, 2.24) is 10.6 Å². The average Bonchev–Trinajstić information content (AvgIpc) is 3.48. The molecule has 1 aromatic carbocycles. The standard InChI is InChI=1S/C24H29FN2O4/c1-14(28)27-24-11-15-8-16(12-24)10-23(9-15,13-24)22(30)31-20(21(29)26-19-6-7-19)17-2-4-18(25)5-3-17/h2-5,15-16,19-20H,6-13H2,1H3,(H,26,29)(H,27,28). The van der Waals surface area contributed by atoms with Gasteiger partial charge in [-0.15, -0.1) is 0 Å². The lowest BCUT2D eigenvalue weighted by Crippen LogP contribution is -2.64. The summed E-state index contributed by atoms with van der Waals surface area (Å²) < 4.78 is 19.4. The third-order valence-electron chi connectivity index (χ3n) is 7.49. The summed E-state index contributed by atoms with van der Waals surface area (Å²) in [7, 11) is 0. The Labute approximate surface area is 181 Å². The maximum Gasteiger partial charge on any atom is 0.313 e. The van der Waals surface area contributed by atoms with Crippen LogP contribution >= 0.6 is 0 Å². The van der Waals surface area contributed by atoms with Crippen LogP contribution in [-0.2, 0) is 19.1 Å². The summed E-state index contributed by atoms with van der Waals surface area (Å²) in [5, 5.41) is 6.06. The fourth-order valence-electron chi connectivity index (χ4n) is 6.67. The van der Waals surface area contributed by atoms with Gasteiger partial charge >= 0.3 is 5.97 Å². The van der Waals surface area contributed by atoms with Gasteiger partial charge in [0.15, 0.2) is 0 Å². The van der Waals surface area contributed by atoms with Crippen LogP contribution in [0.3, 0.4) is 0 Å². The summed E-state index contributed by atoms with van der Waals surface area (Å²) in [6.07, 6.45) is 5.67. The molecule has 5 aliphatic rings. The van der Waals surface area contributed by atoms with Crippen molar-refractivity contribution < 1.29 is 23.5 Å². The Morgan fingerprint density at radius 2 is 1.71 bits per heavy atom. The molecule has 1 aromatic rings. The minimum absolute atomic E-state index is 0.0709. The van der Waals surface area contributed by atoms with Crippen molar-refractivity contribution in [2.45, 2.75) is 76.0 Å². The van der Waals surface area contributed by atoms with Crippen LogP contribution in [0.2, 0.25) is 0 Å². The number of rotatable bonds is 6. The Kier molecular flexibility index (Phi) is 4.83. The summed E-state index contributed by atoms with van der Waals surface area (Å²) in [4.78, 5) is 38.4. The van der Waals surface area contributed by atoms with E-state index in [2.05, 4.69) is 10.6 Å². The first-order valence-electron chi connectivity index (χ1n) is 11.3. The van der Waals surface area contributed by atoms with Crippen molar-refractivity contribution in [3.63, 3.8) is 0 Å². The lowest BCUT2D eigenvalue weighted by molar-refractivity contribution is -0.183. The molecule has 2 N–H and O–H groups in total. The minimum Gasteiger partial charge on any atom is -0.447 e. The van der Waals surface area contributed by atoms with E-state index in [9.17, 15) is 18.8 Å². The fourth-order valence-corrected chi connectivity index (χ4v) is 6.67. The second-order valence-corrected chi connectivity index (χ2v) is 10.3. The van der Waals surface area contributed by atoms with Crippen molar-refractivity contribution in [3.05, 3.63) is 35.6 Å². The number of carbonyl (C=O) groups is 3. The molecule has 0 aliphatic heterocycles. The predicted molar refractivity (Wildman–Crippen MR) is 110 cm³/mol. The summed E-state index contributed by atoms with van der Waals surface area (Å²) >= 11 is 0. The number of benzene rings is 1. The highest BCUT2D eigenvalue weighted by Gasteiger charge is 2.62. The molecule has 6 nitrogen and oxygen atoms in total. The quantitative estimate of drug-likeness (QED) is 0.682. The van der Waals surface area contributed by atoms with Gasteiger partial charge in [-0.1, -0.05) is 12.1 Å². The Hall–Kier alpha value is -2.44. The van der Waals surface area contributed by atoms with Crippen LogP contribution in [-0.4, -0.2) is 29.4 Å². The second kappa shape index (κ2) is 7.31. The number of hydrogen-bond donors (Lipinski definition) is 2. The molecule has 166 valence electrons. The van der Waals surface area contributed by atoms with Crippen LogP contribution < -0.4 is 10.6 Å². The van der Waals surface area contributed by atoms with Gasteiger partial charge in [0.2, 0.25) is 12.0 Å². The average molecular weight is 429 g/mol. The van der Waals surface area contributed by atoms with E-state index < -0.39 is 17.3 Å². The van der Waals surface area contributed by atoms with Gasteiger partial charge in [-0.05, 0) is 75.3 Å². The summed E-state index contributed by atoms with van der Waals surface area (Å²) in [6.45, 7) is 1.52. The first-order valence-corrected chi connectivity index (χ1v) is 11.3. The van der Waals surface area contributed by atoms with Gasteiger partial charge in [-0.3, -0.25) is 14.4 Å². The Morgan fingerprint density at radius 3 is 2.29 bits per heavy atom. The minimum atomic E-state index is -1.10. The molecule has 3 unspecified atom stereocenters. The number of nitrogens with one attached hydrogen (secondary N) is 2. The fraction of sp³-hybridized carbons (Fsp3) is 0.625. The van der Waals surface area contributed by atoms with Gasteiger partial charge in [-0.2, -0.15) is 0 Å².